The van der Waals surface area contributed by atoms with E-state index >= 15 is 0 Å². The smallest absolute Gasteiger partial charge is 0.368 e. The third-order valence-corrected chi connectivity index (χ3v) is 1.41. The molecular formula is C7H12O4S. The maximum absolute atomic E-state index is 10.8. The Balaban J connectivity index is 3.68. The zero-order chi connectivity index (χ0) is 9.78. The second-order valence-electron chi connectivity index (χ2n) is 3.15. The fourth-order valence-electron chi connectivity index (χ4n) is 0.400. The topological polar surface area (TPSA) is 63.6 Å². The molecule has 0 amide bonds. The molecule has 0 aliphatic heterocycles. The van der Waals surface area contributed by atoms with Crippen LogP contribution in [-0.2, 0) is 9.53 Å². The van der Waals surface area contributed by atoms with E-state index < -0.39 is 16.9 Å². The van der Waals surface area contributed by atoms with Crippen LogP contribution in [0, 0.1) is 0 Å². The first-order valence-corrected chi connectivity index (χ1v) is 4.37. The zero-order valence-electron chi connectivity index (χ0n) is 7.29. The Kier molecular flexibility index (Phi) is 4.09. The maximum atomic E-state index is 10.8. The van der Waals surface area contributed by atoms with Gasteiger partial charge in [0, 0.05) is 0 Å². The quantitative estimate of drug-likeness (QED) is 0.675. The largest absolute Gasteiger partial charge is 0.481 e. The molecule has 0 bridgehead atoms. The lowest BCUT2D eigenvalue weighted by molar-refractivity contribution is -0.133. The lowest BCUT2D eigenvalue weighted by atomic mass is 10.2. The van der Waals surface area contributed by atoms with Crippen molar-refractivity contribution in [2.75, 3.05) is 5.75 Å². The summed E-state index contributed by atoms with van der Waals surface area (Å²) >= 11 is 0.651. The molecule has 12 heavy (non-hydrogen) atoms. The number of hydrogen-bond acceptors (Lipinski definition) is 4. The Morgan fingerprint density at radius 2 is 1.92 bits per heavy atom. The third kappa shape index (κ3) is 7.40. The number of aliphatic carboxylic acids is 1. The van der Waals surface area contributed by atoms with E-state index in [4.69, 9.17) is 9.84 Å². The molecule has 0 aromatic carbocycles. The first-order valence-electron chi connectivity index (χ1n) is 3.39. The number of carbonyl (C=O) groups excluding carboxylic acids is 1. The van der Waals surface area contributed by atoms with Crippen molar-refractivity contribution in [2.45, 2.75) is 26.4 Å². The number of carbonyl (C=O) groups is 2. The van der Waals surface area contributed by atoms with E-state index in [2.05, 4.69) is 0 Å². The van der Waals surface area contributed by atoms with Gasteiger partial charge >= 0.3 is 11.3 Å². The van der Waals surface area contributed by atoms with Crippen LogP contribution < -0.4 is 0 Å². The Morgan fingerprint density at radius 3 is 2.25 bits per heavy atom. The van der Waals surface area contributed by atoms with Crippen molar-refractivity contribution in [1.82, 2.24) is 0 Å². The first-order chi connectivity index (χ1) is 5.31. The highest BCUT2D eigenvalue weighted by Crippen LogP contribution is 2.14. The molecule has 0 heterocycles. The standard InChI is InChI=1S/C7H12O4S/c1-7(2,3)11-6(10)12-4-5(8)9/h4H2,1-3H3,(H,8,9). The molecule has 0 fully saturated rings. The zero-order valence-corrected chi connectivity index (χ0v) is 8.10. The number of carboxylic acids is 1. The predicted molar refractivity (Wildman–Crippen MR) is 46.3 cm³/mol. The summed E-state index contributed by atoms with van der Waals surface area (Å²) < 4.78 is 4.85. The van der Waals surface area contributed by atoms with Crippen LogP contribution in [0.25, 0.3) is 0 Å². The van der Waals surface area contributed by atoms with Crippen molar-refractivity contribution in [2.24, 2.45) is 0 Å². The van der Waals surface area contributed by atoms with Crippen molar-refractivity contribution < 1.29 is 19.4 Å². The lowest BCUT2D eigenvalue weighted by Crippen LogP contribution is -2.22. The summed E-state index contributed by atoms with van der Waals surface area (Å²) in [6, 6.07) is 0. The molecule has 0 saturated carbocycles. The molecule has 0 aromatic rings. The van der Waals surface area contributed by atoms with Crippen LogP contribution in [0.5, 0.6) is 0 Å². The fourth-order valence-corrected chi connectivity index (χ4v) is 0.950. The molecule has 0 atom stereocenters. The highest BCUT2D eigenvalue weighted by atomic mass is 32.2. The number of carboxylic acid groups (broad SMARTS) is 1. The summed E-state index contributed by atoms with van der Waals surface area (Å²) in [6.45, 7) is 5.19. The first kappa shape index (κ1) is 11.3. The molecule has 4 nitrogen and oxygen atoms in total. The van der Waals surface area contributed by atoms with Gasteiger partial charge in [0.05, 0.1) is 0 Å². The van der Waals surface area contributed by atoms with E-state index in [1.807, 2.05) is 0 Å². The summed E-state index contributed by atoms with van der Waals surface area (Å²) in [5.41, 5.74) is -0.553. The van der Waals surface area contributed by atoms with Gasteiger partial charge in [-0.2, -0.15) is 0 Å². The molecular weight excluding hydrogens is 180 g/mol. The summed E-state index contributed by atoms with van der Waals surface area (Å²) in [5, 5.41) is 7.68. The number of thioether (sulfide) groups is 1. The minimum absolute atomic E-state index is 0.255. The van der Waals surface area contributed by atoms with E-state index in [0.717, 1.165) is 0 Å². The maximum Gasteiger partial charge on any atom is 0.368 e. The van der Waals surface area contributed by atoms with E-state index in [1.54, 1.807) is 20.8 Å². The molecule has 0 unspecified atom stereocenters. The fraction of sp³-hybridized carbons (Fsp3) is 0.714. The van der Waals surface area contributed by atoms with Crippen LogP contribution in [0.1, 0.15) is 20.8 Å². The molecule has 70 valence electrons. The van der Waals surface area contributed by atoms with E-state index in [0.29, 0.717) is 11.8 Å². The third-order valence-electron chi connectivity index (χ3n) is 0.703. The van der Waals surface area contributed by atoms with E-state index in [1.165, 1.54) is 0 Å². The molecule has 0 radical (unpaired) electrons. The molecule has 5 heteroatoms. The van der Waals surface area contributed by atoms with Crippen LogP contribution >= 0.6 is 11.8 Å². The number of rotatable bonds is 2. The average Bonchev–Trinajstić information content (AvgIpc) is 1.79. The Morgan fingerprint density at radius 1 is 1.42 bits per heavy atom. The molecule has 1 N–H and O–H groups in total. The number of hydrogen-bond donors (Lipinski definition) is 1. The van der Waals surface area contributed by atoms with E-state index in [-0.39, 0.29) is 5.75 Å². The van der Waals surface area contributed by atoms with Crippen molar-refractivity contribution in [1.29, 1.82) is 0 Å². The second-order valence-corrected chi connectivity index (χ2v) is 4.06. The molecule has 0 spiro atoms. The average molecular weight is 192 g/mol. The van der Waals surface area contributed by atoms with Gasteiger partial charge in [-0.05, 0) is 32.5 Å². The lowest BCUT2D eigenvalue weighted by Gasteiger charge is -2.18. The molecule has 0 aliphatic carbocycles. The normalized spacial score (nSPS) is 10.9. The van der Waals surface area contributed by atoms with Gasteiger partial charge in [0.15, 0.2) is 0 Å². The van der Waals surface area contributed by atoms with Gasteiger partial charge in [-0.1, -0.05) is 0 Å². The van der Waals surface area contributed by atoms with Crippen molar-refractivity contribution >= 4 is 23.0 Å². The van der Waals surface area contributed by atoms with Crippen LogP contribution in [0.4, 0.5) is 4.79 Å². The minimum atomic E-state index is -1.02. The Labute approximate surface area is 75.3 Å². The minimum Gasteiger partial charge on any atom is -0.481 e. The summed E-state index contributed by atoms with van der Waals surface area (Å²) in [4.78, 5) is 20.9. The number of ether oxygens (including phenoxy) is 1. The summed E-state index contributed by atoms with van der Waals surface area (Å²) in [5.74, 6) is -1.28. The van der Waals surface area contributed by atoms with Gasteiger partial charge in [0.2, 0.25) is 0 Å². The van der Waals surface area contributed by atoms with Crippen molar-refractivity contribution in [3.8, 4) is 0 Å². The van der Waals surface area contributed by atoms with E-state index in [9.17, 15) is 9.59 Å². The highest BCUT2D eigenvalue weighted by Gasteiger charge is 2.17. The van der Waals surface area contributed by atoms with Crippen molar-refractivity contribution in [3.63, 3.8) is 0 Å². The van der Waals surface area contributed by atoms with Crippen LogP contribution in [0.3, 0.4) is 0 Å². The van der Waals surface area contributed by atoms with Gasteiger partial charge in [-0.25, -0.2) is 4.79 Å². The molecule has 0 rings (SSSR count). The van der Waals surface area contributed by atoms with Gasteiger partial charge in [-0.15, -0.1) is 0 Å². The van der Waals surface area contributed by atoms with Crippen molar-refractivity contribution in [3.05, 3.63) is 0 Å². The monoisotopic (exact) mass is 192 g/mol. The molecule has 0 saturated heterocycles. The predicted octanol–water partition coefficient (Wildman–Crippen LogP) is 1.74. The second kappa shape index (κ2) is 4.35. The summed E-state index contributed by atoms with van der Waals surface area (Å²) in [6.07, 6.45) is 0. The SMILES string of the molecule is CC(C)(C)OC(=O)SCC(=O)O. The van der Waals surface area contributed by atoms with Gasteiger partial charge in [0.25, 0.3) is 0 Å². The molecule has 0 aliphatic rings. The van der Waals surface area contributed by atoms with Gasteiger partial charge < -0.3 is 9.84 Å². The summed E-state index contributed by atoms with van der Waals surface area (Å²) in [7, 11) is 0. The van der Waals surface area contributed by atoms with Gasteiger partial charge in [-0.3, -0.25) is 4.79 Å². The Hall–Kier alpha value is -0.710. The highest BCUT2D eigenvalue weighted by molar-refractivity contribution is 8.13. The van der Waals surface area contributed by atoms with Crippen LogP contribution in [-0.4, -0.2) is 27.7 Å². The molecule has 0 aromatic heterocycles. The van der Waals surface area contributed by atoms with Gasteiger partial charge in [0.1, 0.15) is 11.4 Å². The van der Waals surface area contributed by atoms with Crippen LogP contribution in [0.15, 0.2) is 0 Å². The van der Waals surface area contributed by atoms with Crippen LogP contribution in [0.2, 0.25) is 0 Å². The Bertz CT molecular complexity index is 182.